The molecule has 0 saturated carbocycles. The van der Waals surface area contributed by atoms with Crippen molar-refractivity contribution in [2.45, 2.75) is 13.8 Å². The van der Waals surface area contributed by atoms with Gasteiger partial charge in [-0.3, -0.25) is 0 Å². The summed E-state index contributed by atoms with van der Waals surface area (Å²) in [5, 5.41) is 8.89. The van der Waals surface area contributed by atoms with Gasteiger partial charge < -0.3 is 15.6 Å². The third-order valence-electron chi connectivity index (χ3n) is 2.97. The SMILES string of the molecule is Cc1ccc(Oc2ccc(C(=O)O)c(N)c2)cc1C. The standard InChI is InChI=1S/C15H15NO3/c1-9-3-4-11(7-10(9)2)19-12-5-6-13(15(17)18)14(16)8-12/h3-8H,16H2,1-2H3,(H,17,18). The van der Waals surface area contributed by atoms with E-state index in [1.165, 1.54) is 17.7 Å². The van der Waals surface area contributed by atoms with E-state index in [0.717, 1.165) is 5.56 Å². The van der Waals surface area contributed by atoms with Crippen molar-refractivity contribution in [2.75, 3.05) is 5.73 Å². The second-order valence-electron chi connectivity index (χ2n) is 4.40. The normalized spacial score (nSPS) is 10.2. The first-order valence-corrected chi connectivity index (χ1v) is 5.85. The average molecular weight is 257 g/mol. The highest BCUT2D eigenvalue weighted by atomic mass is 16.5. The van der Waals surface area contributed by atoms with E-state index < -0.39 is 5.97 Å². The Morgan fingerprint density at radius 2 is 1.68 bits per heavy atom. The van der Waals surface area contributed by atoms with Gasteiger partial charge in [0, 0.05) is 11.8 Å². The summed E-state index contributed by atoms with van der Waals surface area (Å²) in [6, 6.07) is 10.3. The number of nitrogen functional groups attached to an aromatic ring is 1. The van der Waals surface area contributed by atoms with Crippen molar-refractivity contribution in [3.63, 3.8) is 0 Å². The van der Waals surface area contributed by atoms with Crippen LogP contribution in [0, 0.1) is 13.8 Å². The Kier molecular flexibility index (Phi) is 3.42. The Morgan fingerprint density at radius 1 is 1.05 bits per heavy atom. The van der Waals surface area contributed by atoms with Gasteiger partial charge in [-0.05, 0) is 49.2 Å². The van der Waals surface area contributed by atoms with Gasteiger partial charge in [-0.15, -0.1) is 0 Å². The number of anilines is 1. The summed E-state index contributed by atoms with van der Waals surface area (Å²) in [5.41, 5.74) is 8.25. The number of rotatable bonds is 3. The van der Waals surface area contributed by atoms with Crippen molar-refractivity contribution >= 4 is 11.7 Å². The van der Waals surface area contributed by atoms with Gasteiger partial charge in [0.15, 0.2) is 0 Å². The Hall–Kier alpha value is -2.49. The summed E-state index contributed by atoms with van der Waals surface area (Å²) in [6.07, 6.45) is 0. The van der Waals surface area contributed by atoms with E-state index in [1.54, 1.807) is 6.07 Å². The van der Waals surface area contributed by atoms with E-state index >= 15 is 0 Å². The van der Waals surface area contributed by atoms with Crippen LogP contribution in [0.15, 0.2) is 36.4 Å². The summed E-state index contributed by atoms with van der Waals surface area (Å²) in [7, 11) is 0. The Balaban J connectivity index is 2.26. The molecule has 0 aromatic heterocycles. The van der Waals surface area contributed by atoms with Crippen molar-refractivity contribution in [2.24, 2.45) is 0 Å². The molecule has 0 aliphatic heterocycles. The van der Waals surface area contributed by atoms with Crippen molar-refractivity contribution in [3.8, 4) is 11.5 Å². The number of hydrogen-bond acceptors (Lipinski definition) is 3. The first-order chi connectivity index (χ1) is 8.97. The number of hydrogen-bond donors (Lipinski definition) is 2. The number of carboxylic acids is 1. The third kappa shape index (κ3) is 2.85. The van der Waals surface area contributed by atoms with Gasteiger partial charge in [0.2, 0.25) is 0 Å². The molecule has 0 fully saturated rings. The van der Waals surface area contributed by atoms with Crippen LogP contribution in [0.4, 0.5) is 5.69 Å². The summed E-state index contributed by atoms with van der Waals surface area (Å²) < 4.78 is 5.66. The van der Waals surface area contributed by atoms with E-state index in [-0.39, 0.29) is 11.3 Å². The van der Waals surface area contributed by atoms with Gasteiger partial charge in [0.05, 0.1) is 5.56 Å². The number of aromatic carboxylic acids is 1. The number of aryl methyl sites for hydroxylation is 2. The van der Waals surface area contributed by atoms with Crippen molar-refractivity contribution in [3.05, 3.63) is 53.1 Å². The minimum atomic E-state index is -1.05. The second-order valence-corrected chi connectivity index (χ2v) is 4.40. The Labute approximate surface area is 111 Å². The molecule has 0 amide bonds. The van der Waals surface area contributed by atoms with E-state index in [9.17, 15) is 4.79 Å². The molecule has 4 heteroatoms. The zero-order valence-electron chi connectivity index (χ0n) is 10.8. The summed E-state index contributed by atoms with van der Waals surface area (Å²) in [6.45, 7) is 4.03. The van der Waals surface area contributed by atoms with E-state index in [0.29, 0.717) is 11.5 Å². The lowest BCUT2D eigenvalue weighted by Gasteiger charge is -2.09. The molecular formula is C15H15NO3. The summed E-state index contributed by atoms with van der Waals surface area (Å²) in [5.74, 6) is 0.173. The average Bonchev–Trinajstić information content (AvgIpc) is 2.33. The van der Waals surface area contributed by atoms with Crippen LogP contribution in [-0.4, -0.2) is 11.1 Å². The molecule has 2 aromatic rings. The first kappa shape index (κ1) is 13.0. The Morgan fingerprint density at radius 3 is 2.26 bits per heavy atom. The predicted octanol–water partition coefficient (Wildman–Crippen LogP) is 3.38. The quantitative estimate of drug-likeness (QED) is 0.827. The van der Waals surface area contributed by atoms with Crippen LogP contribution in [0.25, 0.3) is 0 Å². The van der Waals surface area contributed by atoms with Gasteiger partial charge in [0.1, 0.15) is 11.5 Å². The van der Waals surface area contributed by atoms with E-state index in [4.69, 9.17) is 15.6 Å². The minimum absolute atomic E-state index is 0.0763. The summed E-state index contributed by atoms with van der Waals surface area (Å²) >= 11 is 0. The topological polar surface area (TPSA) is 72.5 Å². The van der Waals surface area contributed by atoms with Crippen molar-refractivity contribution in [1.82, 2.24) is 0 Å². The molecule has 19 heavy (non-hydrogen) atoms. The molecule has 98 valence electrons. The maximum atomic E-state index is 10.9. The zero-order chi connectivity index (χ0) is 14.0. The molecule has 0 aliphatic rings. The highest BCUT2D eigenvalue weighted by Gasteiger charge is 2.09. The smallest absolute Gasteiger partial charge is 0.337 e. The number of benzene rings is 2. The monoisotopic (exact) mass is 257 g/mol. The molecule has 0 radical (unpaired) electrons. The molecular weight excluding hydrogens is 242 g/mol. The molecule has 0 heterocycles. The first-order valence-electron chi connectivity index (χ1n) is 5.85. The fourth-order valence-electron chi connectivity index (χ4n) is 1.71. The highest BCUT2D eigenvalue weighted by Crippen LogP contribution is 2.26. The largest absolute Gasteiger partial charge is 0.478 e. The number of nitrogens with two attached hydrogens (primary N) is 1. The molecule has 4 nitrogen and oxygen atoms in total. The summed E-state index contributed by atoms with van der Waals surface area (Å²) in [4.78, 5) is 10.9. The maximum absolute atomic E-state index is 10.9. The number of carbonyl (C=O) groups is 1. The fraction of sp³-hybridized carbons (Fsp3) is 0.133. The molecule has 0 aliphatic carbocycles. The lowest BCUT2D eigenvalue weighted by atomic mass is 10.1. The van der Waals surface area contributed by atoms with E-state index in [2.05, 4.69) is 0 Å². The molecule has 2 rings (SSSR count). The van der Waals surface area contributed by atoms with Crippen LogP contribution >= 0.6 is 0 Å². The molecule has 2 aromatic carbocycles. The molecule has 0 unspecified atom stereocenters. The molecule has 0 atom stereocenters. The lowest BCUT2D eigenvalue weighted by Crippen LogP contribution is -2.02. The number of carboxylic acid groups (broad SMARTS) is 1. The molecule has 0 spiro atoms. The van der Waals surface area contributed by atoms with Gasteiger partial charge in [-0.1, -0.05) is 6.07 Å². The van der Waals surface area contributed by atoms with Gasteiger partial charge in [-0.2, -0.15) is 0 Å². The lowest BCUT2D eigenvalue weighted by molar-refractivity contribution is 0.0698. The van der Waals surface area contributed by atoms with Gasteiger partial charge in [-0.25, -0.2) is 4.79 Å². The van der Waals surface area contributed by atoms with Crippen LogP contribution < -0.4 is 10.5 Å². The van der Waals surface area contributed by atoms with Crippen LogP contribution in [0.3, 0.4) is 0 Å². The predicted molar refractivity (Wildman–Crippen MR) is 73.8 cm³/mol. The van der Waals surface area contributed by atoms with Crippen molar-refractivity contribution < 1.29 is 14.6 Å². The second kappa shape index (κ2) is 5.02. The van der Waals surface area contributed by atoms with Gasteiger partial charge in [0.25, 0.3) is 0 Å². The van der Waals surface area contributed by atoms with Crippen LogP contribution in [0.5, 0.6) is 11.5 Å². The molecule has 3 N–H and O–H groups in total. The highest BCUT2D eigenvalue weighted by molar-refractivity contribution is 5.93. The van der Waals surface area contributed by atoms with Crippen LogP contribution in [0.1, 0.15) is 21.5 Å². The van der Waals surface area contributed by atoms with Crippen LogP contribution in [-0.2, 0) is 0 Å². The number of ether oxygens (including phenoxy) is 1. The fourth-order valence-corrected chi connectivity index (χ4v) is 1.71. The van der Waals surface area contributed by atoms with Crippen LogP contribution in [0.2, 0.25) is 0 Å². The van der Waals surface area contributed by atoms with Gasteiger partial charge >= 0.3 is 5.97 Å². The third-order valence-corrected chi connectivity index (χ3v) is 2.97. The van der Waals surface area contributed by atoms with E-state index in [1.807, 2.05) is 32.0 Å². The van der Waals surface area contributed by atoms with Crippen molar-refractivity contribution in [1.29, 1.82) is 0 Å². The maximum Gasteiger partial charge on any atom is 0.337 e. The minimum Gasteiger partial charge on any atom is -0.478 e. The zero-order valence-corrected chi connectivity index (χ0v) is 10.8. The Bertz CT molecular complexity index is 635. The molecule has 0 saturated heterocycles. The molecule has 0 bridgehead atoms.